The van der Waals surface area contributed by atoms with E-state index in [1.54, 1.807) is 24.1 Å². The minimum atomic E-state index is -0.242. The average Bonchev–Trinajstić information content (AvgIpc) is 2.73. The molecule has 2 heterocycles. The largest absolute Gasteiger partial charge is 0.481 e. The molecule has 1 aliphatic heterocycles. The third-order valence-electron chi connectivity index (χ3n) is 5.12. The van der Waals surface area contributed by atoms with Crippen LogP contribution < -0.4 is 15.0 Å². The Morgan fingerprint density at radius 2 is 1.86 bits per heavy atom. The summed E-state index contributed by atoms with van der Waals surface area (Å²) in [6, 6.07) is 8.41. The smallest absolute Gasteiger partial charge is 0.317 e. The van der Waals surface area contributed by atoms with Gasteiger partial charge in [0.2, 0.25) is 5.88 Å². The molecule has 150 valence electrons. The van der Waals surface area contributed by atoms with Crippen LogP contribution in [0.2, 0.25) is 0 Å². The number of halogens is 1. The molecule has 1 saturated heterocycles. The van der Waals surface area contributed by atoms with Crippen molar-refractivity contribution in [1.82, 2.24) is 15.2 Å². The van der Waals surface area contributed by atoms with Crippen LogP contribution in [0.5, 0.6) is 5.88 Å². The molecular weight excluding hydrogens is 359 g/mol. The standard InChI is InChI=1S/C21H27FN4O2/c1-4-16-13-17(20(28-3)24-15(16)2)14-23-21(27)26-11-9-25(10-12-26)19-7-5-18(22)6-8-19/h5-8,13H,4,9-12,14H2,1-3H3,(H,23,27). The first kappa shape index (κ1) is 19.9. The van der Waals surface area contributed by atoms with Gasteiger partial charge < -0.3 is 19.9 Å². The minimum Gasteiger partial charge on any atom is -0.481 e. The number of methoxy groups -OCH3 is 1. The zero-order valence-corrected chi connectivity index (χ0v) is 16.7. The second-order valence-electron chi connectivity index (χ2n) is 6.86. The zero-order valence-electron chi connectivity index (χ0n) is 16.7. The lowest BCUT2D eigenvalue weighted by molar-refractivity contribution is 0.194. The van der Waals surface area contributed by atoms with Gasteiger partial charge in [-0.25, -0.2) is 14.2 Å². The van der Waals surface area contributed by atoms with Crippen molar-refractivity contribution < 1.29 is 13.9 Å². The predicted octanol–water partition coefficient (Wildman–Crippen LogP) is 3.13. The third-order valence-corrected chi connectivity index (χ3v) is 5.12. The molecule has 0 aliphatic carbocycles. The van der Waals surface area contributed by atoms with Gasteiger partial charge >= 0.3 is 6.03 Å². The average molecular weight is 386 g/mol. The summed E-state index contributed by atoms with van der Waals surface area (Å²) in [5.74, 6) is 0.310. The molecule has 2 amide bonds. The van der Waals surface area contributed by atoms with Crippen LogP contribution in [0, 0.1) is 12.7 Å². The van der Waals surface area contributed by atoms with E-state index in [2.05, 4.69) is 22.1 Å². The molecule has 0 radical (unpaired) electrons. The summed E-state index contributed by atoms with van der Waals surface area (Å²) in [5.41, 5.74) is 3.96. The third kappa shape index (κ3) is 4.52. The van der Waals surface area contributed by atoms with Gasteiger partial charge in [0, 0.05) is 49.7 Å². The molecule has 1 aliphatic rings. The number of hydrogen-bond acceptors (Lipinski definition) is 4. The van der Waals surface area contributed by atoms with Gasteiger partial charge in [0.25, 0.3) is 0 Å². The molecule has 1 aromatic carbocycles. The van der Waals surface area contributed by atoms with Crippen LogP contribution in [0.4, 0.5) is 14.9 Å². The number of amides is 2. The molecule has 2 aromatic rings. The number of anilines is 1. The van der Waals surface area contributed by atoms with Gasteiger partial charge in [-0.3, -0.25) is 0 Å². The molecule has 0 atom stereocenters. The highest BCUT2D eigenvalue weighted by atomic mass is 19.1. The van der Waals surface area contributed by atoms with E-state index in [0.29, 0.717) is 38.6 Å². The zero-order chi connectivity index (χ0) is 20.1. The Bertz CT molecular complexity index is 818. The number of carbonyl (C=O) groups is 1. The van der Waals surface area contributed by atoms with Crippen LogP contribution in [0.25, 0.3) is 0 Å². The molecule has 1 fully saturated rings. The highest BCUT2D eigenvalue weighted by molar-refractivity contribution is 5.74. The maximum absolute atomic E-state index is 13.1. The molecular formula is C21H27FN4O2. The van der Waals surface area contributed by atoms with Gasteiger partial charge in [0.15, 0.2) is 0 Å². The second-order valence-corrected chi connectivity index (χ2v) is 6.86. The Morgan fingerprint density at radius 1 is 1.18 bits per heavy atom. The van der Waals surface area contributed by atoms with Gasteiger partial charge in [0.1, 0.15) is 5.82 Å². The summed E-state index contributed by atoms with van der Waals surface area (Å²) in [4.78, 5) is 21.0. The molecule has 28 heavy (non-hydrogen) atoms. The van der Waals surface area contributed by atoms with Crippen LogP contribution in [0.1, 0.15) is 23.7 Å². The Kier molecular flexibility index (Phi) is 6.34. The number of aryl methyl sites for hydroxylation is 2. The number of nitrogens with one attached hydrogen (secondary N) is 1. The van der Waals surface area contributed by atoms with Crippen LogP contribution in [-0.4, -0.2) is 49.2 Å². The Hall–Kier alpha value is -2.83. The number of carbonyl (C=O) groups excluding carboxylic acids is 1. The molecule has 6 nitrogen and oxygen atoms in total. The summed E-state index contributed by atoms with van der Waals surface area (Å²) in [5, 5.41) is 2.98. The normalized spacial score (nSPS) is 14.1. The second kappa shape index (κ2) is 8.91. The van der Waals surface area contributed by atoms with Gasteiger partial charge in [-0.05, 0) is 49.2 Å². The Labute approximate surface area is 165 Å². The van der Waals surface area contributed by atoms with E-state index in [1.165, 1.54) is 12.1 Å². The lowest BCUT2D eigenvalue weighted by Crippen LogP contribution is -2.51. The lowest BCUT2D eigenvalue weighted by Gasteiger charge is -2.36. The van der Waals surface area contributed by atoms with Crippen molar-refractivity contribution in [2.75, 3.05) is 38.2 Å². The van der Waals surface area contributed by atoms with Crippen LogP contribution >= 0.6 is 0 Å². The predicted molar refractivity (Wildman–Crippen MR) is 107 cm³/mol. The van der Waals surface area contributed by atoms with E-state index >= 15 is 0 Å². The summed E-state index contributed by atoms with van der Waals surface area (Å²) in [6.45, 7) is 7.09. The quantitative estimate of drug-likeness (QED) is 0.858. The van der Waals surface area contributed by atoms with Crippen molar-refractivity contribution in [1.29, 1.82) is 0 Å². The van der Waals surface area contributed by atoms with Gasteiger partial charge in [-0.15, -0.1) is 0 Å². The van der Waals surface area contributed by atoms with Crippen LogP contribution in [0.15, 0.2) is 30.3 Å². The van der Waals surface area contributed by atoms with E-state index in [9.17, 15) is 9.18 Å². The van der Waals surface area contributed by atoms with Crippen molar-refractivity contribution in [2.24, 2.45) is 0 Å². The minimum absolute atomic E-state index is 0.0977. The van der Waals surface area contributed by atoms with E-state index in [1.807, 2.05) is 13.0 Å². The fourth-order valence-corrected chi connectivity index (χ4v) is 3.44. The highest BCUT2D eigenvalue weighted by Crippen LogP contribution is 2.20. The molecule has 7 heteroatoms. The Balaban J connectivity index is 1.56. The van der Waals surface area contributed by atoms with E-state index in [0.717, 1.165) is 28.9 Å². The number of pyridine rings is 1. The Morgan fingerprint density at radius 3 is 2.46 bits per heavy atom. The maximum atomic E-state index is 13.1. The summed E-state index contributed by atoms with van der Waals surface area (Å²) < 4.78 is 18.4. The number of hydrogen-bond donors (Lipinski definition) is 1. The summed E-state index contributed by atoms with van der Waals surface area (Å²) in [7, 11) is 1.59. The molecule has 3 rings (SSSR count). The topological polar surface area (TPSA) is 57.7 Å². The van der Waals surface area contributed by atoms with Crippen molar-refractivity contribution in [3.63, 3.8) is 0 Å². The fraction of sp³-hybridized carbons (Fsp3) is 0.429. The molecule has 0 spiro atoms. The van der Waals surface area contributed by atoms with Crippen molar-refractivity contribution in [3.8, 4) is 5.88 Å². The molecule has 0 unspecified atom stereocenters. The number of piperazine rings is 1. The number of rotatable bonds is 5. The number of ether oxygens (including phenoxy) is 1. The maximum Gasteiger partial charge on any atom is 0.317 e. The molecule has 0 saturated carbocycles. The molecule has 0 bridgehead atoms. The monoisotopic (exact) mass is 386 g/mol. The summed E-state index contributed by atoms with van der Waals surface area (Å²) >= 11 is 0. The lowest BCUT2D eigenvalue weighted by atomic mass is 10.1. The highest BCUT2D eigenvalue weighted by Gasteiger charge is 2.21. The van der Waals surface area contributed by atoms with Gasteiger partial charge in [-0.2, -0.15) is 0 Å². The number of nitrogens with zero attached hydrogens (tertiary/aromatic N) is 3. The van der Waals surface area contributed by atoms with E-state index in [-0.39, 0.29) is 11.8 Å². The fourth-order valence-electron chi connectivity index (χ4n) is 3.44. The first-order chi connectivity index (χ1) is 13.5. The number of benzene rings is 1. The van der Waals surface area contributed by atoms with Gasteiger partial charge in [0.05, 0.1) is 7.11 Å². The van der Waals surface area contributed by atoms with Crippen molar-refractivity contribution >= 4 is 11.7 Å². The van der Waals surface area contributed by atoms with Crippen LogP contribution in [0.3, 0.4) is 0 Å². The SMILES string of the molecule is CCc1cc(CNC(=O)N2CCN(c3ccc(F)cc3)CC2)c(OC)nc1C. The molecule has 1 aromatic heterocycles. The number of urea groups is 1. The first-order valence-electron chi connectivity index (χ1n) is 9.58. The van der Waals surface area contributed by atoms with E-state index < -0.39 is 0 Å². The van der Waals surface area contributed by atoms with E-state index in [4.69, 9.17) is 4.74 Å². The summed E-state index contributed by atoms with van der Waals surface area (Å²) in [6.07, 6.45) is 0.884. The first-order valence-corrected chi connectivity index (χ1v) is 9.58. The van der Waals surface area contributed by atoms with Crippen LogP contribution in [-0.2, 0) is 13.0 Å². The van der Waals surface area contributed by atoms with Crippen molar-refractivity contribution in [2.45, 2.75) is 26.8 Å². The molecule has 1 N–H and O–H groups in total. The number of aromatic nitrogens is 1. The van der Waals surface area contributed by atoms with Gasteiger partial charge in [-0.1, -0.05) is 6.92 Å². The van der Waals surface area contributed by atoms with Crippen molar-refractivity contribution in [3.05, 3.63) is 53.0 Å².